The standard InChI is InChI=1S/C25H23ClN4O3S/c1-2-33-21-11-9-18(10-12-21)28-23(31)15-22-24(32)30(20-8-5-6-17(26)14-20)25(34)29(22)16-19-7-3-4-13-27-19/h3-14,22H,2,15-16H2,1H3,(H,28,31)/t22-/m1/s1. The molecule has 0 spiro atoms. The maximum absolute atomic E-state index is 13.5. The Bertz CT molecular complexity index is 1190. The lowest BCUT2D eigenvalue weighted by Crippen LogP contribution is -2.37. The topological polar surface area (TPSA) is 74.8 Å². The first kappa shape index (κ1) is 23.7. The van der Waals surface area contributed by atoms with Crippen LogP contribution >= 0.6 is 23.8 Å². The summed E-state index contributed by atoms with van der Waals surface area (Å²) in [6.45, 7) is 2.76. The van der Waals surface area contributed by atoms with Crippen molar-refractivity contribution in [2.45, 2.75) is 25.9 Å². The smallest absolute Gasteiger partial charge is 0.256 e. The van der Waals surface area contributed by atoms with Gasteiger partial charge in [-0.05, 0) is 73.7 Å². The molecule has 2 heterocycles. The number of nitrogens with zero attached hydrogens (tertiary/aromatic N) is 3. The number of carbonyl (C=O) groups is 2. The molecule has 2 amide bonds. The van der Waals surface area contributed by atoms with Gasteiger partial charge in [-0.25, -0.2) is 0 Å². The van der Waals surface area contributed by atoms with E-state index in [1.165, 1.54) is 4.90 Å². The number of thiocarbonyl (C=S) groups is 1. The quantitative estimate of drug-likeness (QED) is 0.459. The van der Waals surface area contributed by atoms with Crippen molar-refractivity contribution in [1.29, 1.82) is 0 Å². The van der Waals surface area contributed by atoms with Crippen LogP contribution in [0.5, 0.6) is 5.75 Å². The fourth-order valence-corrected chi connectivity index (χ4v) is 4.29. The summed E-state index contributed by atoms with van der Waals surface area (Å²) in [5.41, 5.74) is 1.91. The van der Waals surface area contributed by atoms with Crippen LogP contribution in [0, 0.1) is 0 Å². The van der Waals surface area contributed by atoms with E-state index in [9.17, 15) is 9.59 Å². The van der Waals surface area contributed by atoms with Gasteiger partial charge in [0.1, 0.15) is 11.8 Å². The van der Waals surface area contributed by atoms with Crippen LogP contribution in [0.4, 0.5) is 11.4 Å². The number of carbonyl (C=O) groups excluding carboxylic acids is 2. The molecule has 1 aliphatic rings. The summed E-state index contributed by atoms with van der Waals surface area (Å²) in [5, 5.41) is 3.64. The molecule has 1 atom stereocenters. The Hall–Kier alpha value is -3.49. The van der Waals surface area contributed by atoms with Gasteiger partial charge >= 0.3 is 0 Å². The molecule has 4 rings (SSSR count). The third-order valence-corrected chi connectivity index (χ3v) is 5.92. The molecule has 9 heteroatoms. The van der Waals surface area contributed by atoms with Crippen LogP contribution in [0.2, 0.25) is 5.02 Å². The highest BCUT2D eigenvalue weighted by Crippen LogP contribution is 2.30. The highest BCUT2D eigenvalue weighted by Gasteiger charge is 2.44. The number of anilines is 2. The molecule has 1 aromatic heterocycles. The minimum Gasteiger partial charge on any atom is -0.494 e. The molecule has 0 saturated carbocycles. The van der Waals surface area contributed by atoms with Crippen LogP contribution in [0.3, 0.4) is 0 Å². The lowest BCUT2D eigenvalue weighted by Gasteiger charge is -2.23. The first-order valence-corrected chi connectivity index (χ1v) is 11.6. The van der Waals surface area contributed by atoms with Crippen LogP contribution < -0.4 is 15.0 Å². The van der Waals surface area contributed by atoms with Gasteiger partial charge in [-0.3, -0.25) is 19.5 Å². The second-order valence-corrected chi connectivity index (χ2v) is 8.41. The van der Waals surface area contributed by atoms with E-state index in [4.69, 9.17) is 28.6 Å². The van der Waals surface area contributed by atoms with E-state index >= 15 is 0 Å². The Morgan fingerprint density at radius 2 is 1.94 bits per heavy atom. The summed E-state index contributed by atoms with van der Waals surface area (Å²) in [6, 6.07) is 18.7. The second kappa shape index (κ2) is 10.6. The molecule has 7 nitrogen and oxygen atoms in total. The van der Waals surface area contributed by atoms with Crippen LogP contribution in [0.15, 0.2) is 72.9 Å². The van der Waals surface area contributed by atoms with Crippen molar-refractivity contribution in [3.8, 4) is 5.75 Å². The summed E-state index contributed by atoms with van der Waals surface area (Å²) >= 11 is 11.8. The fraction of sp³-hybridized carbons (Fsp3) is 0.200. The maximum Gasteiger partial charge on any atom is 0.256 e. The number of ether oxygens (including phenoxy) is 1. The van der Waals surface area contributed by atoms with Crippen molar-refractivity contribution in [3.63, 3.8) is 0 Å². The molecule has 34 heavy (non-hydrogen) atoms. The molecule has 1 N–H and O–H groups in total. The zero-order chi connectivity index (χ0) is 24.1. The Balaban J connectivity index is 1.56. The highest BCUT2D eigenvalue weighted by atomic mass is 35.5. The number of aromatic nitrogens is 1. The Morgan fingerprint density at radius 1 is 1.15 bits per heavy atom. The van der Waals surface area contributed by atoms with Gasteiger partial charge in [-0.15, -0.1) is 0 Å². The van der Waals surface area contributed by atoms with Crippen molar-refractivity contribution in [3.05, 3.63) is 83.6 Å². The number of hydrogen-bond acceptors (Lipinski definition) is 5. The van der Waals surface area contributed by atoms with Gasteiger partial charge in [-0.2, -0.15) is 0 Å². The van der Waals surface area contributed by atoms with Crippen LogP contribution in [0.1, 0.15) is 19.0 Å². The van der Waals surface area contributed by atoms with Gasteiger partial charge < -0.3 is 15.0 Å². The number of hydrogen-bond donors (Lipinski definition) is 1. The number of amides is 2. The predicted octanol–water partition coefficient (Wildman–Crippen LogP) is 4.66. The molecule has 1 saturated heterocycles. The minimum absolute atomic E-state index is 0.0733. The summed E-state index contributed by atoms with van der Waals surface area (Å²) in [5.74, 6) is 0.129. The zero-order valence-corrected chi connectivity index (χ0v) is 20.1. The molecule has 0 aliphatic carbocycles. The number of rotatable bonds is 8. The molecule has 2 aromatic carbocycles. The monoisotopic (exact) mass is 494 g/mol. The lowest BCUT2D eigenvalue weighted by molar-refractivity contribution is -0.124. The van der Waals surface area contributed by atoms with Crippen molar-refractivity contribution in [1.82, 2.24) is 9.88 Å². The first-order chi connectivity index (χ1) is 16.5. The first-order valence-electron chi connectivity index (χ1n) is 10.8. The number of pyridine rings is 1. The van der Waals surface area contributed by atoms with Crippen LogP contribution in [-0.2, 0) is 16.1 Å². The van der Waals surface area contributed by atoms with Gasteiger partial charge in [0.25, 0.3) is 5.91 Å². The van der Waals surface area contributed by atoms with Crippen molar-refractivity contribution in [2.75, 3.05) is 16.8 Å². The summed E-state index contributed by atoms with van der Waals surface area (Å²) < 4.78 is 5.43. The molecular weight excluding hydrogens is 472 g/mol. The van der Waals surface area contributed by atoms with Gasteiger partial charge in [0, 0.05) is 16.9 Å². The van der Waals surface area contributed by atoms with Crippen LogP contribution in [-0.4, -0.2) is 39.5 Å². The third kappa shape index (κ3) is 5.35. The van der Waals surface area contributed by atoms with Crippen LogP contribution in [0.25, 0.3) is 0 Å². The molecule has 0 bridgehead atoms. The van der Waals surface area contributed by atoms with Crippen molar-refractivity contribution >= 4 is 52.1 Å². The number of halogens is 1. The predicted molar refractivity (Wildman–Crippen MR) is 136 cm³/mol. The van der Waals surface area contributed by atoms with Gasteiger partial charge in [0.05, 0.1) is 31.0 Å². The summed E-state index contributed by atoms with van der Waals surface area (Å²) in [7, 11) is 0. The molecule has 1 fully saturated rings. The normalized spacial score (nSPS) is 15.5. The van der Waals surface area contributed by atoms with Gasteiger partial charge in [0.2, 0.25) is 5.91 Å². The molecule has 3 aromatic rings. The SMILES string of the molecule is CCOc1ccc(NC(=O)C[C@@H]2C(=O)N(c3cccc(Cl)c3)C(=S)N2Cc2ccccn2)cc1. The van der Waals surface area contributed by atoms with Crippen molar-refractivity contribution < 1.29 is 14.3 Å². The van der Waals surface area contributed by atoms with E-state index in [2.05, 4.69) is 10.3 Å². The maximum atomic E-state index is 13.5. The molecular formula is C25H23ClN4O3S. The average Bonchev–Trinajstić information content (AvgIpc) is 3.05. The third-order valence-electron chi connectivity index (χ3n) is 5.27. The molecule has 0 unspecified atom stereocenters. The van der Waals surface area contributed by atoms with E-state index < -0.39 is 6.04 Å². The van der Waals surface area contributed by atoms with E-state index in [0.29, 0.717) is 34.7 Å². The molecule has 174 valence electrons. The average molecular weight is 495 g/mol. The van der Waals surface area contributed by atoms with E-state index in [1.54, 1.807) is 59.6 Å². The Kier molecular flexibility index (Phi) is 7.40. The lowest BCUT2D eigenvalue weighted by atomic mass is 10.1. The number of nitrogens with one attached hydrogen (secondary N) is 1. The molecule has 1 aliphatic heterocycles. The summed E-state index contributed by atoms with van der Waals surface area (Å²) in [4.78, 5) is 33.9. The van der Waals surface area contributed by atoms with E-state index in [1.807, 2.05) is 25.1 Å². The zero-order valence-electron chi connectivity index (χ0n) is 18.5. The van der Waals surface area contributed by atoms with Crippen molar-refractivity contribution in [2.24, 2.45) is 0 Å². The molecule has 0 radical (unpaired) electrons. The van der Waals surface area contributed by atoms with E-state index in [-0.39, 0.29) is 18.2 Å². The number of benzene rings is 2. The largest absolute Gasteiger partial charge is 0.494 e. The second-order valence-electron chi connectivity index (χ2n) is 7.61. The van der Waals surface area contributed by atoms with Gasteiger partial charge in [0.15, 0.2) is 5.11 Å². The van der Waals surface area contributed by atoms with E-state index in [0.717, 1.165) is 11.4 Å². The minimum atomic E-state index is -0.781. The fourth-order valence-electron chi connectivity index (χ4n) is 3.72. The highest BCUT2D eigenvalue weighted by molar-refractivity contribution is 7.80. The summed E-state index contributed by atoms with van der Waals surface area (Å²) in [6.07, 6.45) is 1.61. The Morgan fingerprint density at radius 3 is 2.62 bits per heavy atom. The Labute approximate surface area is 208 Å². The van der Waals surface area contributed by atoms with Gasteiger partial charge in [-0.1, -0.05) is 23.7 Å².